The van der Waals surface area contributed by atoms with Gasteiger partial charge in [0.05, 0.1) is 12.6 Å². The standard InChI is InChI=1S/C15H22FNO3/c1-10-6-5-7-11(13(10)16)8-12(9-18)17-14(19)20-15(2,3)4/h5-7,12,18H,8-9H2,1-4H3,(H,17,19)/t12-/m0/s1. The summed E-state index contributed by atoms with van der Waals surface area (Å²) in [5.41, 5.74) is 0.384. The molecule has 1 rings (SSSR count). The highest BCUT2D eigenvalue weighted by Gasteiger charge is 2.20. The first kappa shape index (κ1) is 16.4. The summed E-state index contributed by atoms with van der Waals surface area (Å²) >= 11 is 0. The maximum Gasteiger partial charge on any atom is 0.407 e. The van der Waals surface area contributed by atoms with E-state index < -0.39 is 17.7 Å². The van der Waals surface area contributed by atoms with Crippen LogP contribution in [-0.2, 0) is 11.2 Å². The van der Waals surface area contributed by atoms with Gasteiger partial charge < -0.3 is 15.2 Å². The summed E-state index contributed by atoms with van der Waals surface area (Å²) in [5.74, 6) is -0.308. The Balaban J connectivity index is 2.68. The van der Waals surface area contributed by atoms with Crippen molar-refractivity contribution in [2.75, 3.05) is 6.61 Å². The Kier molecular flexibility index (Phi) is 5.51. The number of rotatable bonds is 4. The van der Waals surface area contributed by atoms with Crippen LogP contribution in [0.3, 0.4) is 0 Å². The highest BCUT2D eigenvalue weighted by atomic mass is 19.1. The van der Waals surface area contributed by atoms with Crippen LogP contribution in [0.2, 0.25) is 0 Å². The Bertz CT molecular complexity index is 469. The Morgan fingerprint density at radius 3 is 2.65 bits per heavy atom. The molecule has 0 fully saturated rings. The number of aryl methyl sites for hydroxylation is 1. The molecule has 0 aliphatic rings. The molecule has 0 aliphatic heterocycles. The lowest BCUT2D eigenvalue weighted by Gasteiger charge is -2.23. The van der Waals surface area contributed by atoms with Gasteiger partial charge in [0.1, 0.15) is 11.4 Å². The molecule has 0 heterocycles. The van der Waals surface area contributed by atoms with E-state index in [0.717, 1.165) is 0 Å². The van der Waals surface area contributed by atoms with Crippen LogP contribution in [-0.4, -0.2) is 29.4 Å². The molecule has 1 amide bonds. The quantitative estimate of drug-likeness (QED) is 0.893. The third-order valence-electron chi connectivity index (χ3n) is 2.68. The van der Waals surface area contributed by atoms with Crippen LogP contribution in [0.4, 0.5) is 9.18 Å². The third kappa shape index (κ3) is 5.17. The summed E-state index contributed by atoms with van der Waals surface area (Å²) in [6.07, 6.45) is -0.409. The smallest absolute Gasteiger partial charge is 0.407 e. The van der Waals surface area contributed by atoms with Gasteiger partial charge in [0.15, 0.2) is 0 Å². The second-order valence-electron chi connectivity index (χ2n) is 5.78. The van der Waals surface area contributed by atoms with Crippen LogP contribution >= 0.6 is 0 Å². The van der Waals surface area contributed by atoms with Gasteiger partial charge >= 0.3 is 6.09 Å². The highest BCUT2D eigenvalue weighted by molar-refractivity contribution is 5.68. The number of carbonyl (C=O) groups excluding carboxylic acids is 1. The summed E-state index contributed by atoms with van der Waals surface area (Å²) in [6.45, 7) is 6.64. The van der Waals surface area contributed by atoms with Gasteiger partial charge in [-0.05, 0) is 45.2 Å². The van der Waals surface area contributed by atoms with E-state index in [1.807, 2.05) is 0 Å². The summed E-state index contributed by atoms with van der Waals surface area (Å²) in [5, 5.41) is 11.8. The van der Waals surface area contributed by atoms with Crippen molar-refractivity contribution in [3.05, 3.63) is 35.1 Å². The molecule has 0 spiro atoms. The molecule has 0 unspecified atom stereocenters. The number of halogens is 1. The van der Waals surface area contributed by atoms with Crippen molar-refractivity contribution in [3.8, 4) is 0 Å². The number of hydrogen-bond donors (Lipinski definition) is 2. The van der Waals surface area contributed by atoms with E-state index in [4.69, 9.17) is 4.74 Å². The largest absolute Gasteiger partial charge is 0.444 e. The molecule has 0 bridgehead atoms. The molecular weight excluding hydrogens is 261 g/mol. The fourth-order valence-electron chi connectivity index (χ4n) is 1.77. The first-order valence-electron chi connectivity index (χ1n) is 6.57. The number of nitrogens with one attached hydrogen (secondary N) is 1. The number of alkyl carbamates (subject to hydrolysis) is 1. The number of hydrogen-bond acceptors (Lipinski definition) is 3. The zero-order chi connectivity index (χ0) is 15.3. The van der Waals surface area contributed by atoms with Crippen molar-refractivity contribution in [3.63, 3.8) is 0 Å². The predicted molar refractivity (Wildman–Crippen MR) is 75.1 cm³/mol. The molecule has 5 heteroatoms. The second-order valence-corrected chi connectivity index (χ2v) is 5.78. The lowest BCUT2D eigenvalue weighted by molar-refractivity contribution is 0.0482. The lowest BCUT2D eigenvalue weighted by Crippen LogP contribution is -2.42. The van der Waals surface area contributed by atoms with E-state index >= 15 is 0 Å². The first-order valence-corrected chi connectivity index (χ1v) is 6.57. The average molecular weight is 283 g/mol. The Labute approximate surface area is 119 Å². The first-order chi connectivity index (χ1) is 9.23. The molecule has 1 aromatic carbocycles. The van der Waals surface area contributed by atoms with Crippen LogP contribution in [0.1, 0.15) is 31.9 Å². The molecule has 112 valence electrons. The van der Waals surface area contributed by atoms with Crippen LogP contribution in [0, 0.1) is 12.7 Å². The number of aliphatic hydroxyl groups excluding tert-OH is 1. The molecule has 20 heavy (non-hydrogen) atoms. The molecule has 0 radical (unpaired) electrons. The van der Waals surface area contributed by atoms with Gasteiger partial charge in [-0.3, -0.25) is 0 Å². The number of amides is 1. The fraction of sp³-hybridized carbons (Fsp3) is 0.533. The molecular formula is C15H22FNO3. The zero-order valence-corrected chi connectivity index (χ0v) is 12.4. The van der Waals surface area contributed by atoms with Crippen molar-refractivity contribution in [2.45, 2.75) is 45.8 Å². The lowest BCUT2D eigenvalue weighted by atomic mass is 10.0. The van der Waals surface area contributed by atoms with E-state index in [1.165, 1.54) is 0 Å². The van der Waals surface area contributed by atoms with Gasteiger partial charge in [0, 0.05) is 0 Å². The summed E-state index contributed by atoms with van der Waals surface area (Å²) < 4.78 is 19.0. The van der Waals surface area contributed by atoms with Crippen LogP contribution < -0.4 is 5.32 Å². The van der Waals surface area contributed by atoms with Gasteiger partial charge in [-0.2, -0.15) is 0 Å². The molecule has 2 N–H and O–H groups in total. The molecule has 0 aromatic heterocycles. The predicted octanol–water partition coefficient (Wildman–Crippen LogP) is 2.56. The van der Waals surface area contributed by atoms with Crippen LogP contribution in [0.15, 0.2) is 18.2 Å². The monoisotopic (exact) mass is 283 g/mol. The Hall–Kier alpha value is -1.62. The highest BCUT2D eigenvalue weighted by Crippen LogP contribution is 2.14. The average Bonchev–Trinajstić information content (AvgIpc) is 2.31. The van der Waals surface area contributed by atoms with E-state index in [1.54, 1.807) is 45.9 Å². The summed E-state index contributed by atoms with van der Waals surface area (Å²) in [6, 6.07) is 4.48. The van der Waals surface area contributed by atoms with Crippen molar-refractivity contribution < 1.29 is 19.0 Å². The van der Waals surface area contributed by atoms with Crippen molar-refractivity contribution >= 4 is 6.09 Å². The Morgan fingerprint density at radius 2 is 2.10 bits per heavy atom. The van der Waals surface area contributed by atoms with Crippen molar-refractivity contribution in [1.82, 2.24) is 5.32 Å². The van der Waals surface area contributed by atoms with E-state index in [0.29, 0.717) is 11.1 Å². The molecule has 1 atom stereocenters. The molecule has 0 saturated heterocycles. The minimum Gasteiger partial charge on any atom is -0.444 e. The second kappa shape index (κ2) is 6.70. The number of benzene rings is 1. The Morgan fingerprint density at radius 1 is 1.45 bits per heavy atom. The van der Waals surface area contributed by atoms with E-state index in [2.05, 4.69) is 5.32 Å². The molecule has 1 aromatic rings. The normalized spacial score (nSPS) is 12.9. The minimum absolute atomic E-state index is 0.212. The van der Waals surface area contributed by atoms with Gasteiger partial charge in [-0.1, -0.05) is 18.2 Å². The van der Waals surface area contributed by atoms with Gasteiger partial charge in [-0.25, -0.2) is 9.18 Å². The number of aliphatic hydroxyl groups is 1. The van der Waals surface area contributed by atoms with E-state index in [9.17, 15) is 14.3 Å². The zero-order valence-electron chi connectivity index (χ0n) is 12.4. The minimum atomic E-state index is -0.621. The van der Waals surface area contributed by atoms with Crippen molar-refractivity contribution in [1.29, 1.82) is 0 Å². The van der Waals surface area contributed by atoms with Crippen molar-refractivity contribution in [2.24, 2.45) is 0 Å². The SMILES string of the molecule is Cc1cccc(C[C@@H](CO)NC(=O)OC(C)(C)C)c1F. The van der Waals surface area contributed by atoms with Gasteiger partial charge in [-0.15, -0.1) is 0 Å². The number of carbonyl (C=O) groups is 1. The molecule has 0 saturated carbocycles. The van der Waals surface area contributed by atoms with E-state index in [-0.39, 0.29) is 18.8 Å². The van der Waals surface area contributed by atoms with Gasteiger partial charge in [0.2, 0.25) is 0 Å². The summed E-state index contributed by atoms with van der Waals surface area (Å²) in [7, 11) is 0. The maximum absolute atomic E-state index is 13.9. The van der Waals surface area contributed by atoms with Gasteiger partial charge in [0.25, 0.3) is 0 Å². The maximum atomic E-state index is 13.9. The third-order valence-corrected chi connectivity index (χ3v) is 2.68. The van der Waals surface area contributed by atoms with Crippen LogP contribution in [0.5, 0.6) is 0 Å². The van der Waals surface area contributed by atoms with Crippen LogP contribution in [0.25, 0.3) is 0 Å². The fourth-order valence-corrected chi connectivity index (χ4v) is 1.77. The molecule has 4 nitrogen and oxygen atoms in total. The number of ether oxygens (including phenoxy) is 1. The molecule has 0 aliphatic carbocycles. The summed E-state index contributed by atoms with van der Waals surface area (Å²) in [4.78, 5) is 11.6. The topological polar surface area (TPSA) is 58.6 Å².